The molecule has 1 aliphatic heterocycles. The molecule has 1 aromatic rings. The van der Waals surface area contributed by atoms with Crippen molar-refractivity contribution in [3.8, 4) is 0 Å². The van der Waals surface area contributed by atoms with Gasteiger partial charge in [-0.25, -0.2) is 4.79 Å². The summed E-state index contributed by atoms with van der Waals surface area (Å²) < 4.78 is 0. The van der Waals surface area contributed by atoms with Gasteiger partial charge in [0.1, 0.15) is 0 Å². The second kappa shape index (κ2) is 7.88. The maximum Gasteiger partial charge on any atom is 0.315 e. The van der Waals surface area contributed by atoms with E-state index in [-0.39, 0.29) is 24.2 Å². The molecule has 1 unspecified atom stereocenters. The Bertz CT molecular complexity index is 549. The first-order valence-electron chi connectivity index (χ1n) is 9.22. The van der Waals surface area contributed by atoms with Crippen LogP contribution in [0.2, 0.25) is 0 Å². The highest BCUT2D eigenvalue weighted by Crippen LogP contribution is 2.24. The van der Waals surface area contributed by atoms with Crippen molar-refractivity contribution in [2.24, 2.45) is 0 Å². The van der Waals surface area contributed by atoms with Crippen molar-refractivity contribution in [3.05, 3.63) is 29.8 Å². The van der Waals surface area contributed by atoms with Crippen LogP contribution >= 0.6 is 0 Å². The van der Waals surface area contributed by atoms with Gasteiger partial charge in [0.15, 0.2) is 0 Å². The summed E-state index contributed by atoms with van der Waals surface area (Å²) in [6.45, 7) is 4.27. The van der Waals surface area contributed by atoms with Gasteiger partial charge in [0.2, 0.25) is 0 Å². The van der Waals surface area contributed by atoms with Crippen molar-refractivity contribution >= 4 is 11.7 Å². The third-order valence-electron chi connectivity index (χ3n) is 5.22. The van der Waals surface area contributed by atoms with Gasteiger partial charge in [-0.1, -0.05) is 12.1 Å². The Morgan fingerprint density at radius 1 is 1.21 bits per heavy atom. The molecule has 0 radical (unpaired) electrons. The van der Waals surface area contributed by atoms with E-state index >= 15 is 0 Å². The Kier molecular flexibility index (Phi) is 5.61. The molecule has 3 N–H and O–H groups in total. The lowest BCUT2D eigenvalue weighted by molar-refractivity contribution is 0.117. The second-order valence-electron chi connectivity index (χ2n) is 7.13. The molecule has 2 aliphatic rings. The lowest BCUT2D eigenvalue weighted by Crippen LogP contribution is -2.44. The third-order valence-corrected chi connectivity index (χ3v) is 5.22. The smallest absolute Gasteiger partial charge is 0.315 e. The van der Waals surface area contributed by atoms with Gasteiger partial charge in [-0.2, -0.15) is 0 Å². The molecule has 1 aliphatic carbocycles. The Hall–Kier alpha value is -1.75. The number of urea groups is 1. The highest BCUT2D eigenvalue weighted by molar-refractivity contribution is 5.74. The summed E-state index contributed by atoms with van der Waals surface area (Å²) in [5.74, 6) is 0. The predicted octanol–water partition coefficient (Wildman–Crippen LogP) is 2.95. The number of hydrogen-bond acceptors (Lipinski definition) is 3. The SMILES string of the molecule is CC(NC(=O)NC1CCC(O)CC1)c1cccc(N2CCCC2)c1. The molecule has 5 heteroatoms. The molecule has 1 aromatic carbocycles. The van der Waals surface area contributed by atoms with Crippen molar-refractivity contribution < 1.29 is 9.90 Å². The minimum absolute atomic E-state index is 0.0262. The van der Waals surface area contributed by atoms with Gasteiger partial charge in [0.25, 0.3) is 0 Å². The number of carbonyl (C=O) groups is 1. The van der Waals surface area contributed by atoms with Crippen LogP contribution in [0.25, 0.3) is 0 Å². The predicted molar refractivity (Wildman–Crippen MR) is 96.2 cm³/mol. The van der Waals surface area contributed by atoms with E-state index in [4.69, 9.17) is 0 Å². The van der Waals surface area contributed by atoms with Gasteiger partial charge in [-0.05, 0) is 63.1 Å². The maximum absolute atomic E-state index is 12.2. The Morgan fingerprint density at radius 3 is 2.62 bits per heavy atom. The van der Waals surface area contributed by atoms with Crippen molar-refractivity contribution in [3.63, 3.8) is 0 Å². The van der Waals surface area contributed by atoms with Crippen LogP contribution in [0.15, 0.2) is 24.3 Å². The number of anilines is 1. The van der Waals surface area contributed by atoms with Crippen LogP contribution in [0.1, 0.15) is 57.1 Å². The number of nitrogens with one attached hydrogen (secondary N) is 2. The van der Waals surface area contributed by atoms with E-state index in [1.165, 1.54) is 18.5 Å². The van der Waals surface area contributed by atoms with Crippen LogP contribution < -0.4 is 15.5 Å². The van der Waals surface area contributed by atoms with E-state index in [0.717, 1.165) is 44.3 Å². The number of rotatable bonds is 4. The topological polar surface area (TPSA) is 64.6 Å². The molecule has 2 amide bonds. The van der Waals surface area contributed by atoms with E-state index in [1.54, 1.807) is 0 Å². The largest absolute Gasteiger partial charge is 0.393 e. The van der Waals surface area contributed by atoms with Gasteiger partial charge < -0.3 is 20.6 Å². The molecule has 132 valence electrons. The summed E-state index contributed by atoms with van der Waals surface area (Å²) in [5.41, 5.74) is 2.38. The molecule has 3 rings (SSSR count). The summed E-state index contributed by atoms with van der Waals surface area (Å²) in [6.07, 6.45) is 5.59. The van der Waals surface area contributed by atoms with Crippen LogP contribution in [0, 0.1) is 0 Å². The zero-order valence-electron chi connectivity index (χ0n) is 14.5. The number of amides is 2. The Labute approximate surface area is 144 Å². The fourth-order valence-corrected chi connectivity index (χ4v) is 3.69. The molecule has 0 bridgehead atoms. The zero-order chi connectivity index (χ0) is 16.9. The van der Waals surface area contributed by atoms with Crippen molar-refractivity contribution in [1.29, 1.82) is 0 Å². The maximum atomic E-state index is 12.2. The third kappa shape index (κ3) is 4.41. The van der Waals surface area contributed by atoms with E-state index in [9.17, 15) is 9.90 Å². The molecule has 24 heavy (non-hydrogen) atoms. The van der Waals surface area contributed by atoms with E-state index in [2.05, 4.69) is 39.8 Å². The number of nitrogens with zero attached hydrogens (tertiary/aromatic N) is 1. The minimum Gasteiger partial charge on any atom is -0.393 e. The lowest BCUT2D eigenvalue weighted by atomic mass is 9.93. The molecular weight excluding hydrogens is 302 g/mol. The quantitative estimate of drug-likeness (QED) is 0.795. The zero-order valence-corrected chi connectivity index (χ0v) is 14.5. The van der Waals surface area contributed by atoms with E-state index < -0.39 is 0 Å². The van der Waals surface area contributed by atoms with Gasteiger partial charge in [0, 0.05) is 24.8 Å². The van der Waals surface area contributed by atoms with E-state index in [0.29, 0.717) is 0 Å². The van der Waals surface area contributed by atoms with Crippen LogP contribution in [-0.2, 0) is 0 Å². The summed E-state index contributed by atoms with van der Waals surface area (Å²) in [4.78, 5) is 14.6. The van der Waals surface area contributed by atoms with Crippen molar-refractivity contribution in [1.82, 2.24) is 10.6 Å². The average Bonchev–Trinajstić information content (AvgIpc) is 3.11. The Morgan fingerprint density at radius 2 is 1.92 bits per heavy atom. The van der Waals surface area contributed by atoms with E-state index in [1.807, 2.05) is 6.92 Å². The van der Waals surface area contributed by atoms with Crippen LogP contribution in [0.5, 0.6) is 0 Å². The minimum atomic E-state index is -0.196. The van der Waals surface area contributed by atoms with Crippen molar-refractivity contribution in [2.75, 3.05) is 18.0 Å². The van der Waals surface area contributed by atoms with Crippen LogP contribution in [-0.4, -0.2) is 36.4 Å². The highest BCUT2D eigenvalue weighted by Gasteiger charge is 2.21. The van der Waals surface area contributed by atoms with Crippen LogP contribution in [0.3, 0.4) is 0 Å². The number of benzene rings is 1. The van der Waals surface area contributed by atoms with Crippen LogP contribution in [0.4, 0.5) is 10.5 Å². The number of aliphatic hydroxyl groups excluding tert-OH is 1. The lowest BCUT2D eigenvalue weighted by Gasteiger charge is -2.27. The summed E-state index contributed by atoms with van der Waals surface area (Å²) in [5, 5.41) is 15.6. The van der Waals surface area contributed by atoms with Crippen molar-refractivity contribution in [2.45, 2.75) is 63.6 Å². The number of hydrogen-bond donors (Lipinski definition) is 3. The molecule has 1 heterocycles. The summed E-state index contributed by atoms with van der Waals surface area (Å²) in [6, 6.07) is 8.51. The van der Waals surface area contributed by atoms with Gasteiger partial charge in [-0.3, -0.25) is 0 Å². The molecule has 1 saturated heterocycles. The number of carbonyl (C=O) groups excluding carboxylic acids is 1. The fraction of sp³-hybridized carbons (Fsp3) is 0.632. The molecule has 5 nitrogen and oxygen atoms in total. The monoisotopic (exact) mass is 331 g/mol. The molecule has 2 fully saturated rings. The molecule has 1 atom stereocenters. The first-order chi connectivity index (χ1) is 11.6. The molecular formula is C19H29N3O2. The summed E-state index contributed by atoms with van der Waals surface area (Å²) >= 11 is 0. The normalized spacial score (nSPS) is 25.3. The van der Waals surface area contributed by atoms with Gasteiger partial charge in [-0.15, -0.1) is 0 Å². The second-order valence-corrected chi connectivity index (χ2v) is 7.13. The molecule has 0 aromatic heterocycles. The number of aliphatic hydroxyl groups is 1. The standard InChI is InChI=1S/C19H29N3O2/c1-14(20-19(24)21-16-7-9-18(23)10-8-16)15-5-4-6-17(13-15)22-11-2-3-12-22/h4-6,13-14,16,18,23H,2-3,7-12H2,1H3,(H2,20,21,24). The average molecular weight is 331 g/mol. The molecule has 0 spiro atoms. The van der Waals surface area contributed by atoms with Gasteiger partial charge in [0.05, 0.1) is 12.1 Å². The first-order valence-corrected chi connectivity index (χ1v) is 9.22. The van der Waals surface area contributed by atoms with Gasteiger partial charge >= 0.3 is 6.03 Å². The summed E-state index contributed by atoms with van der Waals surface area (Å²) in [7, 11) is 0. The Balaban J connectivity index is 1.53. The fourth-order valence-electron chi connectivity index (χ4n) is 3.69. The molecule has 1 saturated carbocycles. The first kappa shape index (κ1) is 17.1. The highest BCUT2D eigenvalue weighted by atomic mass is 16.3.